The first-order chi connectivity index (χ1) is 14.2. The first-order valence-corrected chi connectivity index (χ1v) is 11.8. The molecule has 2 bridgehead atoms. The van der Waals surface area contributed by atoms with E-state index in [9.17, 15) is 4.79 Å². The van der Waals surface area contributed by atoms with Crippen LogP contribution in [0.25, 0.3) is 0 Å². The highest BCUT2D eigenvalue weighted by atomic mass is 17.3. The molecular formula is C23H34O7. The zero-order valence-corrected chi connectivity index (χ0v) is 18.2. The summed E-state index contributed by atoms with van der Waals surface area (Å²) in [5, 5.41) is 9.17. The van der Waals surface area contributed by atoms with Crippen molar-refractivity contribution in [3.63, 3.8) is 0 Å². The average Bonchev–Trinajstić information content (AvgIpc) is 2.85. The van der Waals surface area contributed by atoms with Gasteiger partial charge in [0.05, 0.1) is 12.0 Å². The van der Waals surface area contributed by atoms with Crippen molar-refractivity contribution in [3.8, 4) is 0 Å². The lowest BCUT2D eigenvalue weighted by atomic mass is 9.50. The molecule has 4 aliphatic heterocycles. The Morgan fingerprint density at radius 3 is 2.53 bits per heavy atom. The number of carbonyl (C=O) groups is 1. The van der Waals surface area contributed by atoms with E-state index in [1.165, 1.54) is 6.42 Å². The Bertz CT molecular complexity index is 727. The number of hydrogen-bond acceptors (Lipinski definition) is 6. The fourth-order valence-corrected chi connectivity index (χ4v) is 7.71. The summed E-state index contributed by atoms with van der Waals surface area (Å²) in [7, 11) is 0. The SMILES string of the molecule is C[C@H]1[C@H](OC2CC3(C2)CC(C(=O)O)C3)O[C@@H]2O[C@@]3(C)CC[C@H]4[C@H](C)CC[C@@H]1[C@@]24OO3. The second kappa shape index (κ2) is 6.41. The summed E-state index contributed by atoms with van der Waals surface area (Å²) in [6.45, 7) is 6.48. The van der Waals surface area contributed by atoms with Crippen LogP contribution in [0, 0.1) is 35.0 Å². The zero-order chi connectivity index (χ0) is 20.9. The van der Waals surface area contributed by atoms with E-state index >= 15 is 0 Å². The number of rotatable bonds is 3. The van der Waals surface area contributed by atoms with E-state index in [0.29, 0.717) is 11.8 Å². The molecule has 30 heavy (non-hydrogen) atoms. The number of carboxylic acids is 1. The lowest BCUT2D eigenvalue weighted by Gasteiger charge is -2.61. The minimum absolute atomic E-state index is 0.148. The van der Waals surface area contributed by atoms with Crippen LogP contribution in [0.2, 0.25) is 0 Å². The molecule has 7 nitrogen and oxygen atoms in total. The third kappa shape index (κ3) is 2.65. The molecule has 7 heteroatoms. The first-order valence-electron chi connectivity index (χ1n) is 11.8. The summed E-state index contributed by atoms with van der Waals surface area (Å²) in [4.78, 5) is 23.2. The van der Waals surface area contributed by atoms with Crippen molar-refractivity contribution in [2.45, 2.75) is 102 Å². The van der Waals surface area contributed by atoms with Crippen molar-refractivity contribution >= 4 is 5.97 Å². The molecule has 7 aliphatic rings. The van der Waals surface area contributed by atoms with Gasteiger partial charge in [0.25, 0.3) is 0 Å². The van der Waals surface area contributed by atoms with E-state index < -0.39 is 23.6 Å². The van der Waals surface area contributed by atoms with Gasteiger partial charge in [-0.25, -0.2) is 9.78 Å². The van der Waals surface area contributed by atoms with Crippen LogP contribution in [0.4, 0.5) is 0 Å². The fourth-order valence-electron chi connectivity index (χ4n) is 7.71. The van der Waals surface area contributed by atoms with Crippen LogP contribution in [0.1, 0.15) is 72.1 Å². The molecule has 1 N–H and O–H groups in total. The maximum absolute atomic E-state index is 11.1. The van der Waals surface area contributed by atoms with Gasteiger partial charge in [0.15, 0.2) is 18.2 Å². The van der Waals surface area contributed by atoms with Crippen molar-refractivity contribution in [1.29, 1.82) is 0 Å². The molecule has 0 aromatic heterocycles. The van der Waals surface area contributed by atoms with Gasteiger partial charge >= 0.3 is 5.97 Å². The molecule has 3 saturated carbocycles. The Kier molecular flexibility index (Phi) is 4.26. The topological polar surface area (TPSA) is 83.5 Å². The van der Waals surface area contributed by atoms with Gasteiger partial charge in [-0.15, -0.1) is 0 Å². The highest BCUT2D eigenvalue weighted by Crippen LogP contribution is 2.63. The Morgan fingerprint density at radius 1 is 1.03 bits per heavy atom. The average molecular weight is 423 g/mol. The zero-order valence-electron chi connectivity index (χ0n) is 18.2. The van der Waals surface area contributed by atoms with Gasteiger partial charge in [0.1, 0.15) is 0 Å². The van der Waals surface area contributed by atoms with Crippen molar-refractivity contribution in [1.82, 2.24) is 0 Å². The second-order valence-corrected chi connectivity index (χ2v) is 11.4. The van der Waals surface area contributed by atoms with Crippen LogP contribution >= 0.6 is 0 Å². The first kappa shape index (κ1) is 19.9. The number of fused-ring (bicyclic) bond motifs is 2. The second-order valence-electron chi connectivity index (χ2n) is 11.4. The predicted octanol–water partition coefficient (Wildman–Crippen LogP) is 3.85. The predicted molar refractivity (Wildman–Crippen MR) is 104 cm³/mol. The van der Waals surface area contributed by atoms with Crippen LogP contribution in [0.3, 0.4) is 0 Å². The van der Waals surface area contributed by atoms with Gasteiger partial charge in [-0.3, -0.25) is 4.79 Å². The Labute approximate surface area is 177 Å². The molecule has 0 aromatic carbocycles. The van der Waals surface area contributed by atoms with E-state index in [1.54, 1.807) is 0 Å². The molecule has 4 heterocycles. The molecular weight excluding hydrogens is 388 g/mol. The number of hydrogen-bond donors (Lipinski definition) is 1. The molecule has 0 radical (unpaired) electrons. The molecule has 0 amide bonds. The molecule has 2 spiro atoms. The summed E-state index contributed by atoms with van der Waals surface area (Å²) >= 11 is 0. The van der Waals surface area contributed by atoms with Gasteiger partial charge in [0, 0.05) is 18.3 Å². The largest absolute Gasteiger partial charge is 0.481 e. The quantitative estimate of drug-likeness (QED) is 0.692. The van der Waals surface area contributed by atoms with E-state index in [0.717, 1.165) is 44.9 Å². The molecule has 3 aliphatic carbocycles. The molecule has 7 rings (SSSR count). The van der Waals surface area contributed by atoms with Gasteiger partial charge < -0.3 is 19.3 Å². The molecule has 0 unspecified atom stereocenters. The maximum Gasteiger partial charge on any atom is 0.306 e. The maximum atomic E-state index is 11.1. The van der Waals surface area contributed by atoms with Crippen molar-refractivity contribution in [2.75, 3.05) is 0 Å². The summed E-state index contributed by atoms with van der Waals surface area (Å²) in [6.07, 6.45) is 6.94. The number of ether oxygens (including phenoxy) is 3. The van der Waals surface area contributed by atoms with Crippen molar-refractivity contribution < 1.29 is 33.9 Å². The van der Waals surface area contributed by atoms with Crippen molar-refractivity contribution in [2.24, 2.45) is 35.0 Å². The molecule has 0 aromatic rings. The Hall–Kier alpha value is -0.730. The Balaban J connectivity index is 1.18. The lowest BCUT2D eigenvalue weighted by Crippen LogP contribution is -2.71. The molecule has 4 saturated heterocycles. The van der Waals surface area contributed by atoms with Crippen molar-refractivity contribution in [3.05, 3.63) is 0 Å². The smallest absolute Gasteiger partial charge is 0.306 e. The minimum atomic E-state index is -0.763. The summed E-state index contributed by atoms with van der Waals surface area (Å²) in [5.41, 5.74) is -0.350. The van der Waals surface area contributed by atoms with Gasteiger partial charge in [-0.2, -0.15) is 0 Å². The van der Waals surface area contributed by atoms with Crippen LogP contribution in [0.5, 0.6) is 0 Å². The molecule has 7 fully saturated rings. The van der Waals surface area contributed by atoms with Crippen LogP contribution in [-0.4, -0.2) is 41.1 Å². The minimum Gasteiger partial charge on any atom is -0.481 e. The van der Waals surface area contributed by atoms with E-state index in [2.05, 4.69) is 13.8 Å². The monoisotopic (exact) mass is 422 g/mol. The third-order valence-corrected chi connectivity index (χ3v) is 9.45. The van der Waals surface area contributed by atoms with E-state index in [4.69, 9.17) is 29.1 Å². The lowest BCUT2D eigenvalue weighted by molar-refractivity contribution is -0.578. The highest BCUT2D eigenvalue weighted by molar-refractivity contribution is 5.71. The van der Waals surface area contributed by atoms with Gasteiger partial charge in [0.2, 0.25) is 5.79 Å². The fraction of sp³-hybridized carbons (Fsp3) is 0.957. The number of aliphatic carboxylic acids is 1. The van der Waals surface area contributed by atoms with E-state index in [1.807, 2.05) is 6.92 Å². The highest BCUT2D eigenvalue weighted by Gasteiger charge is 2.70. The van der Waals surface area contributed by atoms with Gasteiger partial charge in [-0.05, 0) is 69.1 Å². The third-order valence-electron chi connectivity index (χ3n) is 9.45. The van der Waals surface area contributed by atoms with Crippen LogP contribution in [-0.2, 0) is 28.8 Å². The standard InChI is InChI=1S/C23H34O7/c1-12-4-5-17-13(2)19(26-15-10-22(11-15)8-14(9-22)18(24)25)27-20-23(17)16(12)6-7-21(3,28-20)29-30-23/h12-17,19-20H,4-11H2,1-3H3,(H,24,25)/t12-,13-,14?,15?,16+,17+,19-,20-,21-,22?,23-/m1/s1. The number of carboxylic acid groups (broad SMARTS) is 1. The summed E-state index contributed by atoms with van der Waals surface area (Å²) in [6, 6.07) is 0. The van der Waals surface area contributed by atoms with Gasteiger partial charge in [-0.1, -0.05) is 13.8 Å². The molecule has 168 valence electrons. The summed E-state index contributed by atoms with van der Waals surface area (Å²) < 4.78 is 19.4. The molecule has 8 atom stereocenters. The normalized spacial score (nSPS) is 59.0. The summed E-state index contributed by atoms with van der Waals surface area (Å²) in [5.74, 6) is -0.196. The Morgan fingerprint density at radius 2 is 1.80 bits per heavy atom. The van der Waals surface area contributed by atoms with Crippen LogP contribution in [0.15, 0.2) is 0 Å². The van der Waals surface area contributed by atoms with E-state index in [-0.39, 0.29) is 35.6 Å². The van der Waals surface area contributed by atoms with Crippen LogP contribution < -0.4 is 0 Å².